The first-order valence-electron chi connectivity index (χ1n) is 4.89. The van der Waals surface area contributed by atoms with Crippen LogP contribution >= 0.6 is 30.4 Å². The van der Waals surface area contributed by atoms with Crippen molar-refractivity contribution in [3.8, 4) is 0 Å². The molecule has 0 atom stereocenters. The highest BCUT2D eigenvalue weighted by Gasteiger charge is 2.45. The number of nitrogens with one attached hydrogen (secondary N) is 1. The van der Waals surface area contributed by atoms with Gasteiger partial charge in [0.1, 0.15) is 0 Å². The molecule has 0 aromatic carbocycles. The van der Waals surface area contributed by atoms with Crippen LogP contribution in [0, 0.1) is 0 Å². The van der Waals surface area contributed by atoms with Crippen molar-refractivity contribution < 1.29 is 57.4 Å². The summed E-state index contributed by atoms with van der Waals surface area (Å²) in [6, 6.07) is 0. The molecule has 0 spiro atoms. The molecule has 0 saturated carbocycles. The predicted octanol–water partition coefficient (Wildman–Crippen LogP) is -2.06. The van der Waals surface area contributed by atoms with Crippen molar-refractivity contribution >= 4 is 30.4 Å². The fraction of sp³-hybridized carbons (Fsp3) is 1.00. The third-order valence-electron chi connectivity index (χ3n) is 2.21. The van der Waals surface area contributed by atoms with Crippen LogP contribution in [0.4, 0.5) is 0 Å². The van der Waals surface area contributed by atoms with Crippen LogP contribution in [0.15, 0.2) is 0 Å². The van der Waals surface area contributed by atoms with E-state index >= 15 is 0 Å². The number of hydrogen-bond donors (Lipinski definition) is 9. The van der Waals surface area contributed by atoms with Gasteiger partial charge in [-0.3, -0.25) is 18.3 Å². The van der Waals surface area contributed by atoms with Crippen molar-refractivity contribution in [2.45, 2.75) is 10.8 Å². The summed E-state index contributed by atoms with van der Waals surface area (Å²) in [4.78, 5) is 70.2. The van der Waals surface area contributed by atoms with E-state index < -0.39 is 54.3 Å². The standard InChI is InChI=1S/C4H15NO12P4/c6-18(7,8)3(19(9,10)11)1-5-2-4(20(12,13)14)21(15,16)17/h3-5H,1-2H2,(H2,6,7,8)(H2,9,10,11)(H2,12,13,14)(H2,15,16,17). The summed E-state index contributed by atoms with van der Waals surface area (Å²) in [6.45, 7) is -2.21. The Kier molecular flexibility index (Phi) is 7.17. The topological polar surface area (TPSA) is 242 Å². The second kappa shape index (κ2) is 6.98. The molecule has 21 heavy (non-hydrogen) atoms. The zero-order valence-electron chi connectivity index (χ0n) is 10.1. The van der Waals surface area contributed by atoms with Gasteiger partial charge in [0.25, 0.3) is 0 Å². The molecule has 0 aromatic rings. The van der Waals surface area contributed by atoms with Crippen LogP contribution in [-0.4, -0.2) is 63.0 Å². The largest absolute Gasteiger partial charge is 0.342 e. The molecule has 0 aliphatic rings. The first-order chi connectivity index (χ1) is 8.97. The van der Waals surface area contributed by atoms with Crippen LogP contribution < -0.4 is 5.32 Å². The van der Waals surface area contributed by atoms with E-state index in [4.69, 9.17) is 39.1 Å². The lowest BCUT2D eigenvalue weighted by molar-refractivity contribution is 0.333. The van der Waals surface area contributed by atoms with Crippen LogP contribution in [0.1, 0.15) is 0 Å². The number of hydrogen-bond acceptors (Lipinski definition) is 5. The van der Waals surface area contributed by atoms with Gasteiger partial charge in [-0.1, -0.05) is 0 Å². The van der Waals surface area contributed by atoms with E-state index in [0.29, 0.717) is 0 Å². The summed E-state index contributed by atoms with van der Waals surface area (Å²) >= 11 is 0. The Labute approximate surface area is 118 Å². The lowest BCUT2D eigenvalue weighted by Crippen LogP contribution is -2.33. The van der Waals surface area contributed by atoms with Gasteiger partial charge in [0, 0.05) is 13.1 Å². The van der Waals surface area contributed by atoms with Crippen LogP contribution in [0.3, 0.4) is 0 Å². The monoisotopic (exact) mass is 393 g/mol. The van der Waals surface area contributed by atoms with Gasteiger partial charge >= 0.3 is 30.4 Å². The van der Waals surface area contributed by atoms with Crippen LogP contribution in [0.2, 0.25) is 0 Å². The molecule has 0 aliphatic carbocycles. The molecule has 0 amide bonds. The summed E-state index contributed by atoms with van der Waals surface area (Å²) in [5, 5.41) is -3.16. The maximum atomic E-state index is 10.9. The van der Waals surface area contributed by atoms with E-state index in [-0.39, 0.29) is 0 Å². The van der Waals surface area contributed by atoms with Gasteiger partial charge in [-0.2, -0.15) is 0 Å². The van der Waals surface area contributed by atoms with Crippen molar-refractivity contribution in [2.75, 3.05) is 13.1 Å². The second-order valence-electron chi connectivity index (χ2n) is 3.98. The van der Waals surface area contributed by atoms with Gasteiger partial charge in [0.15, 0.2) is 10.8 Å². The van der Waals surface area contributed by atoms with Crippen LogP contribution in [-0.2, 0) is 18.3 Å². The molecule has 0 aromatic heterocycles. The summed E-state index contributed by atoms with van der Waals surface area (Å²) in [7, 11) is -21.0. The minimum absolute atomic E-state index is 1.11. The van der Waals surface area contributed by atoms with Crippen molar-refractivity contribution in [1.29, 1.82) is 0 Å². The molecule has 0 heterocycles. The summed E-state index contributed by atoms with van der Waals surface area (Å²) < 4.78 is 43.6. The molecule has 128 valence electrons. The molecule has 0 rings (SSSR count). The Morgan fingerprint density at radius 1 is 0.571 bits per heavy atom. The van der Waals surface area contributed by atoms with Crippen molar-refractivity contribution in [3.05, 3.63) is 0 Å². The molecule has 0 bridgehead atoms. The van der Waals surface area contributed by atoms with E-state index in [0.717, 1.165) is 0 Å². The normalized spacial score (nSPS) is 15.0. The highest BCUT2D eigenvalue weighted by atomic mass is 31.2. The third kappa shape index (κ3) is 7.58. The SMILES string of the molecule is O=P(O)(O)C(CNCC(P(=O)(O)O)P(=O)(O)O)P(=O)(O)O. The molecular weight excluding hydrogens is 378 g/mol. The fourth-order valence-corrected chi connectivity index (χ4v) is 5.81. The van der Waals surface area contributed by atoms with Gasteiger partial charge in [-0.05, 0) is 0 Å². The third-order valence-corrected chi connectivity index (χ3v) is 9.65. The highest BCUT2D eigenvalue weighted by molar-refractivity contribution is 7.71. The van der Waals surface area contributed by atoms with Crippen molar-refractivity contribution in [1.82, 2.24) is 5.32 Å². The molecule has 0 aliphatic heterocycles. The van der Waals surface area contributed by atoms with Crippen molar-refractivity contribution in [3.63, 3.8) is 0 Å². The first-order valence-corrected chi connectivity index (χ1v) is 11.6. The van der Waals surface area contributed by atoms with E-state index in [1.165, 1.54) is 0 Å². The lowest BCUT2D eigenvalue weighted by Gasteiger charge is -2.23. The predicted molar refractivity (Wildman–Crippen MR) is 68.6 cm³/mol. The molecule has 13 nitrogen and oxygen atoms in total. The average Bonchev–Trinajstić information content (AvgIpc) is 2.07. The fourth-order valence-electron chi connectivity index (χ4n) is 1.21. The van der Waals surface area contributed by atoms with Crippen LogP contribution in [0.5, 0.6) is 0 Å². The van der Waals surface area contributed by atoms with Gasteiger partial charge in [-0.25, -0.2) is 0 Å². The zero-order chi connectivity index (χ0) is 17.3. The molecule has 0 saturated heterocycles. The molecule has 17 heteroatoms. The Balaban J connectivity index is 5.01. The maximum Gasteiger partial charge on any atom is 0.342 e. The van der Waals surface area contributed by atoms with E-state index in [1.54, 1.807) is 0 Å². The van der Waals surface area contributed by atoms with E-state index in [1.807, 2.05) is 5.32 Å². The molecule has 0 radical (unpaired) electrons. The van der Waals surface area contributed by atoms with Gasteiger partial charge < -0.3 is 44.5 Å². The number of rotatable bonds is 8. The molecule has 9 N–H and O–H groups in total. The highest BCUT2D eigenvalue weighted by Crippen LogP contribution is 2.61. The quantitative estimate of drug-likeness (QED) is 0.202. The Hall–Kier alpha value is 0.560. The molecule has 0 unspecified atom stereocenters. The smallest absolute Gasteiger partial charge is 0.324 e. The average molecular weight is 393 g/mol. The summed E-state index contributed by atoms with van der Waals surface area (Å²) in [5.74, 6) is 0. The van der Waals surface area contributed by atoms with Gasteiger partial charge in [-0.15, -0.1) is 0 Å². The Bertz CT molecular complexity index is 443. The lowest BCUT2D eigenvalue weighted by atomic mass is 10.6. The van der Waals surface area contributed by atoms with E-state index in [9.17, 15) is 18.3 Å². The molecule has 0 fully saturated rings. The van der Waals surface area contributed by atoms with Gasteiger partial charge in [0.05, 0.1) is 0 Å². The minimum atomic E-state index is -5.25. The van der Waals surface area contributed by atoms with Crippen LogP contribution in [0.25, 0.3) is 0 Å². The zero-order valence-corrected chi connectivity index (χ0v) is 13.6. The second-order valence-corrected chi connectivity index (χ2v) is 12.0. The van der Waals surface area contributed by atoms with Gasteiger partial charge in [0.2, 0.25) is 0 Å². The van der Waals surface area contributed by atoms with Crippen molar-refractivity contribution in [2.24, 2.45) is 0 Å². The van der Waals surface area contributed by atoms with E-state index in [2.05, 4.69) is 0 Å². The minimum Gasteiger partial charge on any atom is -0.324 e. The summed E-state index contributed by atoms with van der Waals surface area (Å²) in [6.07, 6.45) is 0. The maximum absolute atomic E-state index is 10.9. The summed E-state index contributed by atoms with van der Waals surface area (Å²) in [5.41, 5.74) is 0. The first kappa shape index (κ1) is 21.6. The Morgan fingerprint density at radius 3 is 0.905 bits per heavy atom. The molecular formula is C4H15NO12P4. The Morgan fingerprint density at radius 2 is 0.762 bits per heavy atom.